The van der Waals surface area contributed by atoms with E-state index in [0.717, 1.165) is 12.4 Å². The van der Waals surface area contributed by atoms with Gasteiger partial charge < -0.3 is 15.7 Å². The van der Waals surface area contributed by atoms with Gasteiger partial charge in [0.1, 0.15) is 18.0 Å². The number of aromatic nitrogens is 2. The molecule has 0 unspecified atom stereocenters. The molecule has 0 spiro atoms. The Labute approximate surface area is 100 Å². The Morgan fingerprint density at radius 2 is 2.06 bits per heavy atom. The number of anilines is 2. The molecule has 0 aliphatic carbocycles. The van der Waals surface area contributed by atoms with Crippen molar-refractivity contribution in [2.45, 2.75) is 32.7 Å². The van der Waals surface area contributed by atoms with Gasteiger partial charge in [-0.05, 0) is 20.8 Å². The van der Waals surface area contributed by atoms with Crippen LogP contribution < -0.4 is 10.6 Å². The lowest BCUT2D eigenvalue weighted by atomic mass is 10.0. The molecule has 0 aliphatic heterocycles. The lowest BCUT2D eigenvalue weighted by Gasteiger charge is -2.24. The SMILES string of the molecule is CCNc1cc(NC(C)(C)CC(=O)O)ncn1. The second-order valence-electron chi connectivity index (χ2n) is 4.40. The third kappa shape index (κ3) is 4.67. The Bertz CT molecular complexity index is 393. The molecule has 0 saturated carbocycles. The molecule has 0 aromatic carbocycles. The van der Waals surface area contributed by atoms with Crippen LogP contribution in [0.25, 0.3) is 0 Å². The Hall–Kier alpha value is -1.85. The second kappa shape index (κ2) is 5.47. The number of aliphatic carboxylic acids is 1. The molecule has 1 aromatic rings. The van der Waals surface area contributed by atoms with Gasteiger partial charge in [-0.3, -0.25) is 4.79 Å². The Morgan fingerprint density at radius 3 is 2.65 bits per heavy atom. The molecule has 6 nitrogen and oxygen atoms in total. The first-order chi connectivity index (χ1) is 7.93. The summed E-state index contributed by atoms with van der Waals surface area (Å²) in [6.45, 7) is 6.38. The van der Waals surface area contributed by atoms with Crippen LogP contribution >= 0.6 is 0 Å². The summed E-state index contributed by atoms with van der Waals surface area (Å²) in [7, 11) is 0. The summed E-state index contributed by atoms with van der Waals surface area (Å²) in [5, 5.41) is 14.9. The van der Waals surface area contributed by atoms with E-state index in [1.54, 1.807) is 6.07 Å². The standard InChI is InChI=1S/C11H18N4O2/c1-4-12-8-5-9(14-7-13-8)15-11(2,3)6-10(16)17/h5,7H,4,6H2,1-3H3,(H,16,17)(H2,12,13,14,15). The fourth-order valence-corrected chi connectivity index (χ4v) is 1.47. The monoisotopic (exact) mass is 238 g/mol. The molecular weight excluding hydrogens is 220 g/mol. The van der Waals surface area contributed by atoms with Gasteiger partial charge in [0.25, 0.3) is 0 Å². The Morgan fingerprint density at radius 1 is 1.41 bits per heavy atom. The van der Waals surface area contributed by atoms with E-state index in [9.17, 15) is 4.79 Å². The van der Waals surface area contributed by atoms with Crippen LogP contribution in [-0.2, 0) is 4.79 Å². The highest BCUT2D eigenvalue weighted by atomic mass is 16.4. The number of nitrogens with zero attached hydrogens (tertiary/aromatic N) is 2. The van der Waals surface area contributed by atoms with Crippen molar-refractivity contribution in [1.82, 2.24) is 9.97 Å². The van der Waals surface area contributed by atoms with Crippen molar-refractivity contribution in [3.8, 4) is 0 Å². The summed E-state index contributed by atoms with van der Waals surface area (Å²) in [4.78, 5) is 18.8. The predicted octanol–water partition coefficient (Wildman–Crippen LogP) is 1.57. The van der Waals surface area contributed by atoms with E-state index in [2.05, 4.69) is 20.6 Å². The van der Waals surface area contributed by atoms with Crippen LogP contribution in [0.3, 0.4) is 0 Å². The van der Waals surface area contributed by atoms with Crippen molar-refractivity contribution in [1.29, 1.82) is 0 Å². The van der Waals surface area contributed by atoms with Crippen LogP contribution in [0, 0.1) is 0 Å². The van der Waals surface area contributed by atoms with Gasteiger partial charge in [-0.2, -0.15) is 0 Å². The number of hydrogen-bond donors (Lipinski definition) is 3. The van der Waals surface area contributed by atoms with Crippen molar-refractivity contribution in [2.24, 2.45) is 0 Å². The lowest BCUT2D eigenvalue weighted by Crippen LogP contribution is -2.34. The summed E-state index contributed by atoms with van der Waals surface area (Å²) in [6.07, 6.45) is 1.46. The summed E-state index contributed by atoms with van der Waals surface area (Å²) < 4.78 is 0. The maximum absolute atomic E-state index is 10.7. The Kier molecular flexibility index (Phi) is 4.25. The summed E-state index contributed by atoms with van der Waals surface area (Å²) in [6, 6.07) is 1.76. The highest BCUT2D eigenvalue weighted by Gasteiger charge is 2.21. The van der Waals surface area contributed by atoms with Gasteiger partial charge in [0.15, 0.2) is 0 Å². The van der Waals surface area contributed by atoms with E-state index < -0.39 is 11.5 Å². The molecule has 0 radical (unpaired) electrons. The van der Waals surface area contributed by atoms with Gasteiger partial charge in [0.2, 0.25) is 0 Å². The first-order valence-electron chi connectivity index (χ1n) is 5.49. The smallest absolute Gasteiger partial charge is 0.305 e. The highest BCUT2D eigenvalue weighted by Crippen LogP contribution is 2.17. The van der Waals surface area contributed by atoms with Gasteiger partial charge in [-0.1, -0.05) is 0 Å². The van der Waals surface area contributed by atoms with E-state index in [1.165, 1.54) is 6.33 Å². The summed E-state index contributed by atoms with van der Waals surface area (Å²) >= 11 is 0. The van der Waals surface area contributed by atoms with Crippen molar-refractivity contribution in [3.05, 3.63) is 12.4 Å². The molecule has 0 bridgehead atoms. The van der Waals surface area contributed by atoms with Gasteiger partial charge in [0.05, 0.1) is 6.42 Å². The minimum Gasteiger partial charge on any atom is -0.481 e. The van der Waals surface area contributed by atoms with Crippen LogP contribution in [0.2, 0.25) is 0 Å². The number of carboxylic acids is 1. The Balaban J connectivity index is 2.73. The largest absolute Gasteiger partial charge is 0.481 e. The third-order valence-electron chi connectivity index (χ3n) is 2.08. The second-order valence-corrected chi connectivity index (χ2v) is 4.40. The van der Waals surface area contributed by atoms with E-state index in [-0.39, 0.29) is 6.42 Å². The van der Waals surface area contributed by atoms with E-state index >= 15 is 0 Å². The average Bonchev–Trinajstić information content (AvgIpc) is 2.15. The molecule has 6 heteroatoms. The van der Waals surface area contributed by atoms with E-state index in [0.29, 0.717) is 5.82 Å². The normalized spacial score (nSPS) is 11.0. The van der Waals surface area contributed by atoms with Crippen molar-refractivity contribution >= 4 is 17.6 Å². The topological polar surface area (TPSA) is 87.1 Å². The maximum Gasteiger partial charge on any atom is 0.305 e. The summed E-state index contributed by atoms with van der Waals surface area (Å²) in [5.41, 5.74) is -0.552. The molecule has 94 valence electrons. The molecule has 0 amide bonds. The minimum atomic E-state index is -0.844. The molecule has 0 fully saturated rings. The molecule has 0 aliphatic rings. The molecule has 1 rings (SSSR count). The average molecular weight is 238 g/mol. The fourth-order valence-electron chi connectivity index (χ4n) is 1.47. The number of carboxylic acid groups (broad SMARTS) is 1. The zero-order valence-electron chi connectivity index (χ0n) is 10.3. The van der Waals surface area contributed by atoms with Crippen LogP contribution in [0.1, 0.15) is 27.2 Å². The number of nitrogens with one attached hydrogen (secondary N) is 2. The molecule has 1 heterocycles. The third-order valence-corrected chi connectivity index (χ3v) is 2.08. The van der Waals surface area contributed by atoms with Crippen molar-refractivity contribution < 1.29 is 9.90 Å². The highest BCUT2D eigenvalue weighted by molar-refractivity contribution is 5.69. The molecule has 1 aromatic heterocycles. The lowest BCUT2D eigenvalue weighted by molar-refractivity contribution is -0.137. The van der Waals surface area contributed by atoms with Crippen molar-refractivity contribution in [2.75, 3.05) is 17.2 Å². The molecular formula is C11H18N4O2. The van der Waals surface area contributed by atoms with Gasteiger partial charge >= 0.3 is 5.97 Å². The van der Waals surface area contributed by atoms with Crippen LogP contribution in [0.4, 0.5) is 11.6 Å². The first kappa shape index (κ1) is 13.2. The van der Waals surface area contributed by atoms with E-state index in [4.69, 9.17) is 5.11 Å². The number of carbonyl (C=O) groups is 1. The molecule has 0 atom stereocenters. The molecule has 3 N–H and O–H groups in total. The fraction of sp³-hybridized carbons (Fsp3) is 0.545. The van der Waals surface area contributed by atoms with Crippen LogP contribution in [-0.4, -0.2) is 33.1 Å². The van der Waals surface area contributed by atoms with Gasteiger partial charge in [-0.25, -0.2) is 9.97 Å². The number of rotatable bonds is 6. The predicted molar refractivity (Wildman–Crippen MR) is 66.2 cm³/mol. The minimum absolute atomic E-state index is 0.0214. The van der Waals surface area contributed by atoms with Crippen LogP contribution in [0.15, 0.2) is 12.4 Å². The zero-order chi connectivity index (χ0) is 12.9. The maximum atomic E-state index is 10.7. The van der Waals surface area contributed by atoms with E-state index in [1.807, 2.05) is 20.8 Å². The van der Waals surface area contributed by atoms with Gasteiger partial charge in [0, 0.05) is 18.2 Å². The first-order valence-corrected chi connectivity index (χ1v) is 5.49. The molecule has 17 heavy (non-hydrogen) atoms. The molecule has 0 saturated heterocycles. The van der Waals surface area contributed by atoms with Gasteiger partial charge in [-0.15, -0.1) is 0 Å². The quantitative estimate of drug-likeness (QED) is 0.697. The van der Waals surface area contributed by atoms with Crippen molar-refractivity contribution in [3.63, 3.8) is 0 Å². The number of hydrogen-bond acceptors (Lipinski definition) is 5. The van der Waals surface area contributed by atoms with Crippen LogP contribution in [0.5, 0.6) is 0 Å². The summed E-state index contributed by atoms with van der Waals surface area (Å²) in [5.74, 6) is 0.488. The zero-order valence-corrected chi connectivity index (χ0v) is 10.3.